The van der Waals surface area contributed by atoms with Crippen LogP contribution < -0.4 is 15.4 Å². The molecule has 0 aliphatic carbocycles. The van der Waals surface area contributed by atoms with Crippen LogP contribution in [0.1, 0.15) is 12.0 Å². The molecule has 0 radical (unpaired) electrons. The fraction of sp³-hybridized carbons (Fsp3) is 0.391. The smallest absolute Gasteiger partial charge is 0.240 e. The van der Waals surface area contributed by atoms with Crippen molar-refractivity contribution in [3.8, 4) is 11.5 Å². The van der Waals surface area contributed by atoms with Crippen molar-refractivity contribution in [2.45, 2.75) is 18.9 Å². The molecule has 158 valence electrons. The number of ether oxygens (including phenoxy) is 1. The minimum Gasteiger partial charge on any atom is -0.457 e. The van der Waals surface area contributed by atoms with Gasteiger partial charge in [-0.05, 0) is 42.2 Å². The second-order valence-corrected chi connectivity index (χ2v) is 8.82. The summed E-state index contributed by atoms with van der Waals surface area (Å²) in [6.45, 7) is 2.19. The summed E-state index contributed by atoms with van der Waals surface area (Å²) in [5.41, 5.74) is 0.907. The molecule has 2 aliphatic rings. The minimum atomic E-state index is -0.114. The summed E-state index contributed by atoms with van der Waals surface area (Å²) in [7, 11) is 0. The highest BCUT2D eigenvalue weighted by molar-refractivity contribution is 7.99. The van der Waals surface area contributed by atoms with E-state index in [4.69, 9.17) is 4.74 Å². The van der Waals surface area contributed by atoms with Crippen LogP contribution in [0.2, 0.25) is 0 Å². The highest BCUT2D eigenvalue weighted by Gasteiger charge is 2.33. The summed E-state index contributed by atoms with van der Waals surface area (Å²) in [5.74, 6) is 3.77. The van der Waals surface area contributed by atoms with E-state index in [-0.39, 0.29) is 23.8 Å². The number of carbonyl (C=O) groups is 2. The Morgan fingerprint density at radius 3 is 2.77 bits per heavy atom. The Labute approximate surface area is 181 Å². The largest absolute Gasteiger partial charge is 0.457 e. The number of nitrogens with one attached hydrogen (secondary N) is 2. The lowest BCUT2D eigenvalue weighted by molar-refractivity contribution is -0.131. The van der Waals surface area contributed by atoms with Gasteiger partial charge >= 0.3 is 0 Å². The van der Waals surface area contributed by atoms with Crippen LogP contribution in [0.4, 0.5) is 0 Å². The molecule has 2 fully saturated rings. The number of para-hydroxylation sites is 1. The van der Waals surface area contributed by atoms with E-state index in [1.165, 1.54) is 0 Å². The fourth-order valence-electron chi connectivity index (χ4n) is 3.81. The monoisotopic (exact) mass is 425 g/mol. The van der Waals surface area contributed by atoms with Crippen molar-refractivity contribution in [2.75, 3.05) is 31.3 Å². The summed E-state index contributed by atoms with van der Waals surface area (Å²) in [6.07, 6.45) is 1.08. The van der Waals surface area contributed by atoms with Crippen molar-refractivity contribution in [3.05, 3.63) is 60.2 Å². The SMILES string of the molecule is O=C(Cc1cccc(Oc2ccccc2)c1)NCC1CNC(C(=O)N2CCSC2)C1. The normalized spacial score (nSPS) is 20.9. The number of rotatable bonds is 7. The molecule has 0 saturated carbocycles. The lowest BCUT2D eigenvalue weighted by Crippen LogP contribution is -2.42. The van der Waals surface area contributed by atoms with E-state index >= 15 is 0 Å². The molecule has 2 saturated heterocycles. The lowest BCUT2D eigenvalue weighted by atomic mass is 10.0. The molecule has 7 heteroatoms. The quantitative estimate of drug-likeness (QED) is 0.714. The highest BCUT2D eigenvalue weighted by Crippen LogP contribution is 2.22. The standard InChI is InChI=1S/C23H27N3O3S/c27-22(13-17-5-4-8-20(11-17)29-19-6-2-1-3-7-19)25-15-18-12-21(24-14-18)23(28)26-9-10-30-16-26/h1-8,11,18,21,24H,9-10,12-16H2,(H,25,27). The van der Waals surface area contributed by atoms with Gasteiger partial charge in [0.25, 0.3) is 0 Å². The first-order chi connectivity index (χ1) is 14.7. The zero-order valence-corrected chi connectivity index (χ0v) is 17.7. The maximum Gasteiger partial charge on any atom is 0.240 e. The molecule has 2 atom stereocenters. The number of hydrogen-bond acceptors (Lipinski definition) is 5. The van der Waals surface area contributed by atoms with Crippen LogP contribution in [0.3, 0.4) is 0 Å². The molecule has 2 amide bonds. The van der Waals surface area contributed by atoms with E-state index < -0.39 is 0 Å². The maximum absolute atomic E-state index is 12.5. The third kappa shape index (κ3) is 5.55. The number of thioether (sulfide) groups is 1. The molecule has 2 aromatic carbocycles. The van der Waals surface area contributed by atoms with E-state index in [0.29, 0.717) is 18.7 Å². The highest BCUT2D eigenvalue weighted by atomic mass is 32.2. The topological polar surface area (TPSA) is 70.7 Å². The van der Waals surface area contributed by atoms with Gasteiger partial charge in [-0.3, -0.25) is 9.59 Å². The van der Waals surface area contributed by atoms with Crippen LogP contribution in [0.5, 0.6) is 11.5 Å². The van der Waals surface area contributed by atoms with Crippen LogP contribution in [0, 0.1) is 5.92 Å². The first-order valence-electron chi connectivity index (χ1n) is 10.4. The summed E-state index contributed by atoms with van der Waals surface area (Å²) in [6, 6.07) is 17.1. The van der Waals surface area contributed by atoms with E-state index in [1.807, 2.05) is 59.5 Å². The number of nitrogens with zero attached hydrogens (tertiary/aromatic N) is 1. The first kappa shape index (κ1) is 20.8. The lowest BCUT2D eigenvalue weighted by Gasteiger charge is -2.19. The molecule has 2 aliphatic heterocycles. The summed E-state index contributed by atoms with van der Waals surface area (Å²) < 4.78 is 5.84. The molecule has 2 unspecified atom stereocenters. The van der Waals surface area contributed by atoms with Crippen molar-refractivity contribution < 1.29 is 14.3 Å². The van der Waals surface area contributed by atoms with Gasteiger partial charge in [-0.15, -0.1) is 11.8 Å². The van der Waals surface area contributed by atoms with Gasteiger partial charge in [0.15, 0.2) is 0 Å². The van der Waals surface area contributed by atoms with Gasteiger partial charge in [-0.1, -0.05) is 30.3 Å². The third-order valence-corrected chi connectivity index (χ3v) is 6.38. The number of benzene rings is 2. The second kappa shape index (κ2) is 10.00. The molecule has 2 N–H and O–H groups in total. The predicted molar refractivity (Wildman–Crippen MR) is 119 cm³/mol. The van der Waals surface area contributed by atoms with Crippen molar-refractivity contribution in [2.24, 2.45) is 5.92 Å². The van der Waals surface area contributed by atoms with Gasteiger partial charge in [0.05, 0.1) is 18.3 Å². The van der Waals surface area contributed by atoms with Crippen LogP contribution in [0.25, 0.3) is 0 Å². The summed E-state index contributed by atoms with van der Waals surface area (Å²) >= 11 is 1.80. The van der Waals surface area contributed by atoms with Crippen LogP contribution in [0.15, 0.2) is 54.6 Å². The van der Waals surface area contributed by atoms with Gasteiger partial charge < -0.3 is 20.3 Å². The molecule has 0 aromatic heterocycles. The fourth-order valence-corrected chi connectivity index (χ4v) is 4.77. The van der Waals surface area contributed by atoms with E-state index in [9.17, 15) is 9.59 Å². The maximum atomic E-state index is 12.5. The Balaban J connectivity index is 1.22. The molecule has 6 nitrogen and oxygen atoms in total. The molecular formula is C23H27N3O3S. The first-order valence-corrected chi connectivity index (χ1v) is 11.5. The zero-order chi connectivity index (χ0) is 20.8. The van der Waals surface area contributed by atoms with E-state index in [0.717, 1.165) is 42.5 Å². The molecule has 0 bridgehead atoms. The van der Waals surface area contributed by atoms with Crippen molar-refractivity contribution >= 4 is 23.6 Å². The Hall–Kier alpha value is -2.51. The number of carbonyl (C=O) groups excluding carboxylic acids is 2. The third-order valence-electron chi connectivity index (χ3n) is 5.41. The zero-order valence-electron chi connectivity index (χ0n) is 16.9. The molecule has 30 heavy (non-hydrogen) atoms. The van der Waals surface area contributed by atoms with Crippen molar-refractivity contribution in [1.29, 1.82) is 0 Å². The Kier molecular flexibility index (Phi) is 6.92. The van der Waals surface area contributed by atoms with E-state index in [1.54, 1.807) is 11.8 Å². The van der Waals surface area contributed by atoms with Gasteiger partial charge in [-0.2, -0.15) is 0 Å². The molecule has 4 rings (SSSR count). The predicted octanol–water partition coefficient (Wildman–Crippen LogP) is 2.65. The Morgan fingerprint density at radius 1 is 1.13 bits per heavy atom. The van der Waals surface area contributed by atoms with E-state index in [2.05, 4.69) is 10.6 Å². The summed E-state index contributed by atoms with van der Waals surface area (Å²) in [5, 5.41) is 6.34. The average Bonchev–Trinajstić information content (AvgIpc) is 3.45. The average molecular weight is 426 g/mol. The Bertz CT molecular complexity index is 871. The van der Waals surface area contributed by atoms with Gasteiger partial charge in [0.2, 0.25) is 11.8 Å². The Morgan fingerprint density at radius 2 is 1.97 bits per heavy atom. The van der Waals surface area contributed by atoms with Crippen molar-refractivity contribution in [1.82, 2.24) is 15.5 Å². The molecular weight excluding hydrogens is 398 g/mol. The number of amides is 2. The van der Waals surface area contributed by atoms with Crippen LogP contribution >= 0.6 is 11.8 Å². The second-order valence-electron chi connectivity index (χ2n) is 7.74. The molecule has 0 spiro atoms. The molecule has 2 aromatic rings. The summed E-state index contributed by atoms with van der Waals surface area (Å²) in [4.78, 5) is 26.8. The van der Waals surface area contributed by atoms with Gasteiger partial charge in [0, 0.05) is 25.4 Å². The number of hydrogen-bond donors (Lipinski definition) is 2. The van der Waals surface area contributed by atoms with Crippen LogP contribution in [-0.4, -0.2) is 54.0 Å². The molecule has 2 heterocycles. The van der Waals surface area contributed by atoms with Crippen LogP contribution in [-0.2, 0) is 16.0 Å². The van der Waals surface area contributed by atoms with Gasteiger partial charge in [0.1, 0.15) is 11.5 Å². The van der Waals surface area contributed by atoms with Gasteiger partial charge in [-0.25, -0.2) is 0 Å². The minimum absolute atomic E-state index is 0.0161. The van der Waals surface area contributed by atoms with Crippen molar-refractivity contribution in [3.63, 3.8) is 0 Å².